The van der Waals surface area contributed by atoms with Crippen LogP contribution in [0.25, 0.3) is 0 Å². The number of aliphatic hydroxyl groups excluding tert-OH is 1. The number of halogens is 1. The zero-order valence-corrected chi connectivity index (χ0v) is 10.0. The van der Waals surface area contributed by atoms with E-state index in [1.54, 1.807) is 6.20 Å². The fourth-order valence-corrected chi connectivity index (χ4v) is 2.00. The van der Waals surface area contributed by atoms with Gasteiger partial charge in [0.1, 0.15) is 5.15 Å². The monoisotopic (exact) mass is 240 g/mol. The minimum absolute atomic E-state index is 0.199. The second kappa shape index (κ2) is 5.62. The topological polar surface area (TPSA) is 36.4 Å². The Balaban J connectivity index is 1.95. The molecule has 0 bridgehead atoms. The summed E-state index contributed by atoms with van der Waals surface area (Å²) >= 11 is 6.02. The van der Waals surface area contributed by atoms with Crippen molar-refractivity contribution >= 4 is 11.6 Å². The Hall–Kier alpha value is -0.640. The predicted octanol–water partition coefficient (Wildman–Crippen LogP) is 1.94. The maximum atomic E-state index is 9.03. The number of rotatable bonds is 6. The highest BCUT2D eigenvalue weighted by Crippen LogP contribution is 2.30. The lowest BCUT2D eigenvalue weighted by Crippen LogP contribution is -2.28. The van der Waals surface area contributed by atoms with Gasteiger partial charge >= 0.3 is 0 Å². The minimum atomic E-state index is 0.199. The summed E-state index contributed by atoms with van der Waals surface area (Å²) < 4.78 is 0. The van der Waals surface area contributed by atoms with Gasteiger partial charge in [-0.25, -0.2) is 4.98 Å². The minimum Gasteiger partial charge on any atom is -0.395 e. The number of nitrogens with zero attached hydrogens (tertiary/aromatic N) is 2. The normalized spacial score (nSPS) is 15.7. The quantitative estimate of drug-likeness (QED) is 0.772. The van der Waals surface area contributed by atoms with Gasteiger partial charge in [0.2, 0.25) is 0 Å². The van der Waals surface area contributed by atoms with Crippen molar-refractivity contribution in [3.05, 3.63) is 29.0 Å². The largest absolute Gasteiger partial charge is 0.395 e. The third-order valence-corrected chi connectivity index (χ3v) is 3.20. The van der Waals surface area contributed by atoms with E-state index in [-0.39, 0.29) is 6.61 Å². The van der Waals surface area contributed by atoms with E-state index < -0.39 is 0 Å². The molecule has 0 radical (unpaired) electrons. The highest BCUT2D eigenvalue weighted by Gasteiger charge is 2.24. The van der Waals surface area contributed by atoms with Crippen molar-refractivity contribution in [1.29, 1.82) is 0 Å². The van der Waals surface area contributed by atoms with Crippen LogP contribution in [0.3, 0.4) is 0 Å². The first-order valence-corrected chi connectivity index (χ1v) is 6.10. The van der Waals surface area contributed by atoms with Crippen molar-refractivity contribution in [3.8, 4) is 0 Å². The predicted molar refractivity (Wildman–Crippen MR) is 64.3 cm³/mol. The highest BCUT2D eigenvalue weighted by atomic mass is 35.5. The molecule has 1 heterocycles. The van der Waals surface area contributed by atoms with Gasteiger partial charge in [0.05, 0.1) is 6.61 Å². The average Bonchev–Trinajstić information content (AvgIpc) is 3.06. The summed E-state index contributed by atoms with van der Waals surface area (Å²) in [5, 5.41) is 9.60. The van der Waals surface area contributed by atoms with Crippen molar-refractivity contribution in [2.24, 2.45) is 5.92 Å². The SMILES string of the molecule is OCCN(Cc1cccnc1Cl)CC1CC1. The van der Waals surface area contributed by atoms with Gasteiger partial charge in [0.15, 0.2) is 0 Å². The fraction of sp³-hybridized carbons (Fsp3) is 0.583. The zero-order chi connectivity index (χ0) is 11.4. The molecule has 1 saturated carbocycles. The first-order valence-electron chi connectivity index (χ1n) is 5.72. The molecule has 0 spiro atoms. The van der Waals surface area contributed by atoms with Crippen LogP contribution in [0.15, 0.2) is 18.3 Å². The summed E-state index contributed by atoms with van der Waals surface area (Å²) in [4.78, 5) is 6.31. The molecule has 0 aromatic carbocycles. The molecule has 0 unspecified atom stereocenters. The summed E-state index contributed by atoms with van der Waals surface area (Å²) in [7, 11) is 0. The Morgan fingerprint density at radius 3 is 2.94 bits per heavy atom. The van der Waals surface area contributed by atoms with Crippen LogP contribution < -0.4 is 0 Å². The summed E-state index contributed by atoms with van der Waals surface area (Å²) in [6, 6.07) is 3.89. The molecule has 1 aliphatic rings. The van der Waals surface area contributed by atoms with E-state index in [0.717, 1.165) is 24.6 Å². The van der Waals surface area contributed by atoms with Gasteiger partial charge in [0.25, 0.3) is 0 Å². The van der Waals surface area contributed by atoms with Crippen molar-refractivity contribution in [3.63, 3.8) is 0 Å². The molecule has 1 aliphatic carbocycles. The maximum Gasteiger partial charge on any atom is 0.133 e. The third-order valence-electron chi connectivity index (χ3n) is 2.86. The Morgan fingerprint density at radius 2 is 2.31 bits per heavy atom. The van der Waals surface area contributed by atoms with E-state index in [1.165, 1.54) is 12.8 Å². The van der Waals surface area contributed by atoms with Gasteiger partial charge in [-0.1, -0.05) is 17.7 Å². The second-order valence-corrected chi connectivity index (χ2v) is 4.71. The van der Waals surface area contributed by atoms with Gasteiger partial charge in [0, 0.05) is 31.4 Å². The molecular weight excluding hydrogens is 224 g/mol. The van der Waals surface area contributed by atoms with E-state index >= 15 is 0 Å². The van der Waals surface area contributed by atoms with Gasteiger partial charge in [-0.3, -0.25) is 4.90 Å². The standard InChI is InChI=1S/C12H17ClN2O/c13-12-11(2-1-5-14-12)9-15(6-7-16)8-10-3-4-10/h1-2,5,10,16H,3-4,6-9H2. The number of hydrogen-bond donors (Lipinski definition) is 1. The molecule has 0 aliphatic heterocycles. The molecular formula is C12H17ClN2O. The lowest BCUT2D eigenvalue weighted by atomic mass is 10.2. The van der Waals surface area contributed by atoms with Gasteiger partial charge in [-0.15, -0.1) is 0 Å². The maximum absolute atomic E-state index is 9.03. The number of pyridine rings is 1. The molecule has 1 N–H and O–H groups in total. The van der Waals surface area contributed by atoms with Crippen LogP contribution >= 0.6 is 11.6 Å². The van der Waals surface area contributed by atoms with Crippen LogP contribution in [0.2, 0.25) is 5.15 Å². The fourth-order valence-electron chi connectivity index (χ4n) is 1.82. The lowest BCUT2D eigenvalue weighted by Gasteiger charge is -2.21. The van der Waals surface area contributed by atoms with Crippen LogP contribution in [-0.4, -0.2) is 34.7 Å². The van der Waals surface area contributed by atoms with Gasteiger partial charge in [-0.05, 0) is 24.8 Å². The van der Waals surface area contributed by atoms with Crippen molar-refractivity contribution < 1.29 is 5.11 Å². The molecule has 4 heteroatoms. The molecule has 1 aromatic rings. The molecule has 2 rings (SSSR count). The van der Waals surface area contributed by atoms with E-state index in [4.69, 9.17) is 16.7 Å². The van der Waals surface area contributed by atoms with E-state index in [2.05, 4.69) is 9.88 Å². The Kier molecular flexibility index (Phi) is 4.16. The van der Waals surface area contributed by atoms with Crippen LogP contribution in [-0.2, 0) is 6.54 Å². The van der Waals surface area contributed by atoms with Gasteiger partial charge < -0.3 is 5.11 Å². The Labute approximate surface area is 101 Å². The van der Waals surface area contributed by atoms with Crippen LogP contribution in [0, 0.1) is 5.92 Å². The van der Waals surface area contributed by atoms with Crippen molar-refractivity contribution in [2.75, 3.05) is 19.7 Å². The highest BCUT2D eigenvalue weighted by molar-refractivity contribution is 6.30. The molecule has 1 fully saturated rings. The molecule has 3 nitrogen and oxygen atoms in total. The first kappa shape index (κ1) is 11.8. The van der Waals surface area contributed by atoms with E-state index in [0.29, 0.717) is 11.7 Å². The van der Waals surface area contributed by atoms with E-state index in [1.807, 2.05) is 12.1 Å². The summed E-state index contributed by atoms with van der Waals surface area (Å²) in [6.45, 7) is 2.75. The van der Waals surface area contributed by atoms with Crippen LogP contribution in [0.5, 0.6) is 0 Å². The van der Waals surface area contributed by atoms with Crippen LogP contribution in [0.4, 0.5) is 0 Å². The van der Waals surface area contributed by atoms with Crippen molar-refractivity contribution in [2.45, 2.75) is 19.4 Å². The van der Waals surface area contributed by atoms with Crippen molar-refractivity contribution in [1.82, 2.24) is 9.88 Å². The summed E-state index contributed by atoms with van der Waals surface area (Å²) in [6.07, 6.45) is 4.34. The molecule has 88 valence electrons. The number of hydrogen-bond acceptors (Lipinski definition) is 3. The molecule has 0 atom stereocenters. The average molecular weight is 241 g/mol. The summed E-state index contributed by atoms with van der Waals surface area (Å²) in [5.74, 6) is 0.821. The lowest BCUT2D eigenvalue weighted by molar-refractivity contribution is 0.184. The van der Waals surface area contributed by atoms with Crippen LogP contribution in [0.1, 0.15) is 18.4 Å². The molecule has 0 amide bonds. The second-order valence-electron chi connectivity index (χ2n) is 4.36. The molecule has 0 saturated heterocycles. The third kappa shape index (κ3) is 3.44. The van der Waals surface area contributed by atoms with E-state index in [9.17, 15) is 0 Å². The van der Waals surface area contributed by atoms with Gasteiger partial charge in [-0.2, -0.15) is 0 Å². The zero-order valence-electron chi connectivity index (χ0n) is 9.27. The Morgan fingerprint density at radius 1 is 1.50 bits per heavy atom. The number of aromatic nitrogens is 1. The summed E-state index contributed by atoms with van der Waals surface area (Å²) in [5.41, 5.74) is 1.04. The first-order chi connectivity index (χ1) is 7.79. The Bertz CT molecular complexity index is 342. The molecule has 1 aromatic heterocycles. The molecule has 16 heavy (non-hydrogen) atoms. The smallest absolute Gasteiger partial charge is 0.133 e. The number of aliphatic hydroxyl groups is 1.